The summed E-state index contributed by atoms with van der Waals surface area (Å²) in [7, 11) is 0. The molecule has 0 radical (unpaired) electrons. The van der Waals surface area contributed by atoms with Crippen molar-refractivity contribution in [3.63, 3.8) is 0 Å². The van der Waals surface area contributed by atoms with Gasteiger partial charge in [0.05, 0.1) is 0 Å². The van der Waals surface area contributed by atoms with Crippen molar-refractivity contribution in [2.24, 2.45) is 0 Å². The summed E-state index contributed by atoms with van der Waals surface area (Å²) in [6.07, 6.45) is 0.165. The molecule has 24 heavy (non-hydrogen) atoms. The number of esters is 1. The number of nitrogens with one attached hydrogen (secondary N) is 1. The molecule has 126 valence electrons. The maximum absolute atomic E-state index is 12.3. The van der Waals surface area contributed by atoms with E-state index in [-0.39, 0.29) is 11.6 Å². The second kappa shape index (κ2) is 7.59. The number of ether oxygens (including phenoxy) is 1. The number of hydrogen-bond donors (Lipinski definition) is 1. The third-order valence-electron chi connectivity index (χ3n) is 3.53. The van der Waals surface area contributed by atoms with Crippen molar-refractivity contribution >= 4 is 17.6 Å². The highest BCUT2D eigenvalue weighted by atomic mass is 16.6. The van der Waals surface area contributed by atoms with Gasteiger partial charge in [0.25, 0.3) is 5.91 Å². The Morgan fingerprint density at radius 2 is 1.75 bits per heavy atom. The van der Waals surface area contributed by atoms with Crippen molar-refractivity contribution in [2.75, 3.05) is 5.32 Å². The molecule has 0 spiro atoms. The molecule has 0 aliphatic rings. The normalized spacial score (nSPS) is 11.8. The Hall–Kier alpha value is -2.89. The standard InChI is InChI=1S/C18H20N2O4/c1-12(2)14-8-4-5-9-15(14)19-17(21)13(3)24-18(22)16-10-6-7-11-20(16)23/h4-13H,1-3H3,(H,19,21)/t13-/m0/s1. The molecule has 1 N–H and O–H groups in total. The molecule has 2 aromatic rings. The van der Waals surface area contributed by atoms with Crippen LogP contribution in [-0.2, 0) is 9.53 Å². The average molecular weight is 328 g/mol. The molecule has 1 aromatic carbocycles. The number of carbonyl (C=O) groups excluding carboxylic acids is 2. The second-order valence-corrected chi connectivity index (χ2v) is 5.69. The zero-order chi connectivity index (χ0) is 17.7. The van der Waals surface area contributed by atoms with Crippen LogP contribution in [0.2, 0.25) is 0 Å². The van der Waals surface area contributed by atoms with Crippen LogP contribution in [-0.4, -0.2) is 18.0 Å². The number of benzene rings is 1. The lowest BCUT2D eigenvalue weighted by Gasteiger charge is -2.16. The molecule has 0 fully saturated rings. The summed E-state index contributed by atoms with van der Waals surface area (Å²) in [6, 6.07) is 11.8. The van der Waals surface area contributed by atoms with Crippen molar-refractivity contribution in [3.8, 4) is 0 Å². The van der Waals surface area contributed by atoms with Gasteiger partial charge in [0.15, 0.2) is 12.3 Å². The summed E-state index contributed by atoms with van der Waals surface area (Å²) >= 11 is 0. The minimum Gasteiger partial charge on any atom is -0.618 e. The predicted molar refractivity (Wildman–Crippen MR) is 89.4 cm³/mol. The first-order valence-electron chi connectivity index (χ1n) is 7.69. The Morgan fingerprint density at radius 1 is 1.08 bits per heavy atom. The van der Waals surface area contributed by atoms with Crippen LogP contribution >= 0.6 is 0 Å². The maximum Gasteiger partial charge on any atom is 0.405 e. The fourth-order valence-corrected chi connectivity index (χ4v) is 2.21. The number of carbonyl (C=O) groups is 2. The molecule has 0 saturated carbocycles. The lowest BCUT2D eigenvalue weighted by Crippen LogP contribution is -2.37. The predicted octanol–water partition coefficient (Wildman–Crippen LogP) is 2.63. The van der Waals surface area contributed by atoms with Crippen LogP contribution in [0.4, 0.5) is 5.69 Å². The highest BCUT2D eigenvalue weighted by molar-refractivity contribution is 5.97. The van der Waals surface area contributed by atoms with Gasteiger partial charge in [-0.3, -0.25) is 4.79 Å². The number of aromatic nitrogens is 1. The molecule has 0 saturated heterocycles. The Labute approximate surface area is 140 Å². The van der Waals surface area contributed by atoms with Crippen LogP contribution in [0.5, 0.6) is 0 Å². The zero-order valence-corrected chi connectivity index (χ0v) is 13.9. The van der Waals surface area contributed by atoms with Crippen LogP contribution in [0.15, 0.2) is 48.7 Å². The highest BCUT2D eigenvalue weighted by Crippen LogP contribution is 2.23. The Bertz CT molecular complexity index is 743. The highest BCUT2D eigenvalue weighted by Gasteiger charge is 2.24. The van der Waals surface area contributed by atoms with Gasteiger partial charge >= 0.3 is 11.7 Å². The smallest absolute Gasteiger partial charge is 0.405 e. The topological polar surface area (TPSA) is 82.3 Å². The molecular weight excluding hydrogens is 308 g/mol. The van der Waals surface area contributed by atoms with Crippen LogP contribution in [0, 0.1) is 5.21 Å². The first-order chi connectivity index (χ1) is 11.4. The molecule has 6 nitrogen and oxygen atoms in total. The van der Waals surface area contributed by atoms with Crippen molar-refractivity contribution in [1.82, 2.24) is 0 Å². The second-order valence-electron chi connectivity index (χ2n) is 5.69. The van der Waals surface area contributed by atoms with Gasteiger partial charge in [-0.05, 0) is 30.5 Å². The van der Waals surface area contributed by atoms with Gasteiger partial charge in [-0.25, -0.2) is 4.79 Å². The molecular formula is C18H20N2O4. The molecule has 1 aromatic heterocycles. The van der Waals surface area contributed by atoms with Gasteiger partial charge < -0.3 is 15.3 Å². The number of amides is 1. The molecule has 0 aliphatic heterocycles. The van der Waals surface area contributed by atoms with Crippen molar-refractivity contribution < 1.29 is 19.1 Å². The van der Waals surface area contributed by atoms with Gasteiger partial charge in [0, 0.05) is 17.8 Å². The van der Waals surface area contributed by atoms with Gasteiger partial charge in [0.2, 0.25) is 0 Å². The van der Waals surface area contributed by atoms with Gasteiger partial charge in [-0.15, -0.1) is 0 Å². The SMILES string of the molecule is CC(C)c1ccccc1NC(=O)[C@H](C)OC(=O)c1cccc[n+]1[O-]. The van der Waals surface area contributed by atoms with Crippen LogP contribution in [0.1, 0.15) is 42.7 Å². The number of rotatable bonds is 5. The number of anilines is 1. The first kappa shape index (κ1) is 17.5. The molecule has 2 rings (SSSR count). The van der Waals surface area contributed by atoms with Crippen LogP contribution in [0.3, 0.4) is 0 Å². The lowest BCUT2D eigenvalue weighted by molar-refractivity contribution is -0.608. The van der Waals surface area contributed by atoms with E-state index in [0.717, 1.165) is 5.56 Å². The monoisotopic (exact) mass is 328 g/mol. The van der Waals surface area contributed by atoms with Gasteiger partial charge in [-0.2, -0.15) is 4.73 Å². The summed E-state index contributed by atoms with van der Waals surface area (Å²) in [5.41, 5.74) is 1.50. The van der Waals surface area contributed by atoms with E-state index in [2.05, 4.69) is 5.32 Å². The largest absolute Gasteiger partial charge is 0.618 e. The quantitative estimate of drug-likeness (QED) is 0.519. The third-order valence-corrected chi connectivity index (χ3v) is 3.53. The summed E-state index contributed by atoms with van der Waals surface area (Å²) in [4.78, 5) is 24.3. The van der Waals surface area contributed by atoms with Crippen molar-refractivity contribution in [3.05, 3.63) is 65.1 Å². The van der Waals surface area contributed by atoms with Gasteiger partial charge in [0.1, 0.15) is 0 Å². The van der Waals surface area contributed by atoms with E-state index in [1.165, 1.54) is 25.3 Å². The Morgan fingerprint density at radius 3 is 2.42 bits per heavy atom. The number of nitrogens with zero attached hydrogens (tertiary/aromatic N) is 1. The van der Waals surface area contributed by atoms with Crippen LogP contribution < -0.4 is 10.0 Å². The molecule has 1 heterocycles. The molecule has 6 heteroatoms. The van der Waals surface area contributed by atoms with Crippen molar-refractivity contribution in [2.45, 2.75) is 32.8 Å². The zero-order valence-electron chi connectivity index (χ0n) is 13.9. The molecule has 0 unspecified atom stereocenters. The number of pyridine rings is 1. The van der Waals surface area contributed by atoms with E-state index < -0.39 is 18.0 Å². The Balaban J connectivity index is 2.06. The van der Waals surface area contributed by atoms with E-state index in [0.29, 0.717) is 10.4 Å². The van der Waals surface area contributed by atoms with Crippen molar-refractivity contribution in [1.29, 1.82) is 0 Å². The molecule has 1 amide bonds. The summed E-state index contributed by atoms with van der Waals surface area (Å²) in [5, 5.41) is 14.3. The summed E-state index contributed by atoms with van der Waals surface area (Å²) in [6.45, 7) is 5.51. The molecule has 0 aliphatic carbocycles. The maximum atomic E-state index is 12.3. The minimum absolute atomic E-state index is 0.167. The van der Waals surface area contributed by atoms with E-state index in [9.17, 15) is 14.8 Å². The van der Waals surface area contributed by atoms with E-state index in [4.69, 9.17) is 4.74 Å². The summed E-state index contributed by atoms with van der Waals surface area (Å²) in [5.74, 6) is -1.06. The molecule has 0 bridgehead atoms. The van der Waals surface area contributed by atoms with E-state index in [1.807, 2.05) is 32.0 Å². The fraction of sp³-hybridized carbons (Fsp3) is 0.278. The number of para-hydroxylation sites is 1. The van der Waals surface area contributed by atoms with Crippen LogP contribution in [0.25, 0.3) is 0 Å². The van der Waals surface area contributed by atoms with E-state index >= 15 is 0 Å². The fourth-order valence-electron chi connectivity index (χ4n) is 2.21. The third kappa shape index (κ3) is 4.10. The molecule has 1 atom stereocenters. The lowest BCUT2D eigenvalue weighted by atomic mass is 10.0. The minimum atomic E-state index is -1.03. The summed E-state index contributed by atoms with van der Waals surface area (Å²) < 4.78 is 5.48. The van der Waals surface area contributed by atoms with Gasteiger partial charge in [-0.1, -0.05) is 32.0 Å². The number of hydrogen-bond acceptors (Lipinski definition) is 4. The average Bonchev–Trinajstić information content (AvgIpc) is 2.55. The first-order valence-corrected chi connectivity index (χ1v) is 7.69. The van der Waals surface area contributed by atoms with E-state index in [1.54, 1.807) is 12.1 Å². The Kier molecular flexibility index (Phi) is 5.52.